The van der Waals surface area contributed by atoms with Gasteiger partial charge in [-0.1, -0.05) is 86.1 Å². The van der Waals surface area contributed by atoms with Gasteiger partial charge in [0, 0.05) is 44.2 Å². The Kier molecular flexibility index (Phi) is 7.84. The van der Waals surface area contributed by atoms with Gasteiger partial charge in [-0.05, 0) is 54.5 Å². The number of carbonyl (C=O) groups excluding carboxylic acids is 1. The maximum atomic E-state index is 13.6. The van der Waals surface area contributed by atoms with E-state index in [2.05, 4.69) is 92.1 Å². The number of carbonyl (C=O) groups is 1. The monoisotopic (exact) mass is 454 g/mol. The molecule has 0 spiro atoms. The van der Waals surface area contributed by atoms with Crippen molar-refractivity contribution in [3.63, 3.8) is 0 Å². The highest BCUT2D eigenvalue weighted by atomic mass is 16.2. The number of amides is 1. The van der Waals surface area contributed by atoms with Gasteiger partial charge in [-0.15, -0.1) is 0 Å². The van der Waals surface area contributed by atoms with Crippen LogP contribution in [0.4, 0.5) is 0 Å². The molecule has 0 radical (unpaired) electrons. The molecule has 1 aliphatic rings. The maximum absolute atomic E-state index is 13.6. The molecule has 34 heavy (non-hydrogen) atoms. The van der Waals surface area contributed by atoms with Crippen molar-refractivity contribution in [1.82, 2.24) is 9.80 Å². The number of likely N-dealkylation sites (tertiary alicyclic amines) is 1. The molecule has 1 amide bonds. The van der Waals surface area contributed by atoms with Crippen molar-refractivity contribution < 1.29 is 4.79 Å². The summed E-state index contributed by atoms with van der Waals surface area (Å²) in [5.41, 5.74) is 6.09. The highest BCUT2D eigenvalue weighted by Crippen LogP contribution is 2.36. The van der Waals surface area contributed by atoms with Gasteiger partial charge in [-0.3, -0.25) is 9.69 Å². The summed E-state index contributed by atoms with van der Waals surface area (Å²) in [6, 6.07) is 27.5. The number of rotatable bonds is 8. The highest BCUT2D eigenvalue weighted by molar-refractivity contribution is 5.94. The molecule has 3 heteroatoms. The van der Waals surface area contributed by atoms with E-state index in [0.29, 0.717) is 17.8 Å². The Labute approximate surface area is 205 Å². The van der Waals surface area contributed by atoms with Gasteiger partial charge in [0.05, 0.1) is 0 Å². The SMILES string of the molecule is Cc1ccc(C(=O)N(CC(C)C)CC2CN(Cc3ccccc3)CC2c2ccccc2C)cc1. The first kappa shape index (κ1) is 24.2. The lowest BCUT2D eigenvalue weighted by atomic mass is 9.86. The van der Waals surface area contributed by atoms with Gasteiger partial charge in [-0.2, -0.15) is 0 Å². The summed E-state index contributed by atoms with van der Waals surface area (Å²) in [5.74, 6) is 1.40. The Morgan fingerprint density at radius 3 is 2.26 bits per heavy atom. The lowest BCUT2D eigenvalue weighted by Gasteiger charge is -2.30. The molecular weight excluding hydrogens is 416 g/mol. The molecule has 1 heterocycles. The lowest BCUT2D eigenvalue weighted by molar-refractivity contribution is 0.0703. The first-order valence-corrected chi connectivity index (χ1v) is 12.6. The molecule has 178 valence electrons. The summed E-state index contributed by atoms with van der Waals surface area (Å²) in [7, 11) is 0. The number of benzene rings is 3. The van der Waals surface area contributed by atoms with Crippen LogP contribution < -0.4 is 0 Å². The fourth-order valence-electron chi connectivity index (χ4n) is 5.31. The molecule has 0 aliphatic carbocycles. The summed E-state index contributed by atoms with van der Waals surface area (Å²) >= 11 is 0. The summed E-state index contributed by atoms with van der Waals surface area (Å²) in [6.07, 6.45) is 0. The second-order valence-electron chi connectivity index (χ2n) is 10.4. The van der Waals surface area contributed by atoms with E-state index in [0.717, 1.165) is 38.3 Å². The van der Waals surface area contributed by atoms with Crippen molar-refractivity contribution in [2.24, 2.45) is 11.8 Å². The van der Waals surface area contributed by atoms with Crippen LogP contribution in [0.2, 0.25) is 0 Å². The number of aryl methyl sites for hydroxylation is 2. The predicted octanol–water partition coefficient (Wildman–Crippen LogP) is 6.32. The number of hydrogen-bond acceptors (Lipinski definition) is 2. The zero-order valence-electron chi connectivity index (χ0n) is 21.1. The average Bonchev–Trinajstić information content (AvgIpc) is 3.21. The third kappa shape index (κ3) is 5.95. The van der Waals surface area contributed by atoms with Crippen LogP contribution in [0.15, 0.2) is 78.9 Å². The van der Waals surface area contributed by atoms with Crippen molar-refractivity contribution in [2.45, 2.75) is 40.2 Å². The average molecular weight is 455 g/mol. The van der Waals surface area contributed by atoms with Gasteiger partial charge < -0.3 is 4.90 Å². The number of nitrogens with zero attached hydrogens (tertiary/aromatic N) is 2. The van der Waals surface area contributed by atoms with Crippen molar-refractivity contribution in [1.29, 1.82) is 0 Å². The first-order valence-electron chi connectivity index (χ1n) is 12.6. The van der Waals surface area contributed by atoms with Crippen molar-refractivity contribution in [3.05, 3.63) is 107 Å². The molecule has 1 saturated heterocycles. The minimum absolute atomic E-state index is 0.152. The van der Waals surface area contributed by atoms with Gasteiger partial charge in [0.25, 0.3) is 5.91 Å². The molecule has 3 aromatic rings. The van der Waals surface area contributed by atoms with Crippen LogP contribution in [0.1, 0.15) is 52.4 Å². The summed E-state index contributed by atoms with van der Waals surface area (Å²) < 4.78 is 0. The Hall–Kier alpha value is -2.91. The van der Waals surface area contributed by atoms with Crippen molar-refractivity contribution in [2.75, 3.05) is 26.2 Å². The molecule has 1 fully saturated rings. The fraction of sp³-hybridized carbons (Fsp3) is 0.387. The summed E-state index contributed by atoms with van der Waals surface area (Å²) in [4.78, 5) is 18.3. The largest absolute Gasteiger partial charge is 0.338 e. The van der Waals surface area contributed by atoms with Crippen LogP contribution in [-0.2, 0) is 6.54 Å². The van der Waals surface area contributed by atoms with E-state index in [1.54, 1.807) is 0 Å². The van der Waals surface area contributed by atoms with Crippen LogP contribution in [-0.4, -0.2) is 41.9 Å². The van der Waals surface area contributed by atoms with Crippen LogP contribution in [0.5, 0.6) is 0 Å². The summed E-state index contributed by atoms with van der Waals surface area (Å²) in [6.45, 7) is 13.2. The van der Waals surface area contributed by atoms with Gasteiger partial charge in [0.2, 0.25) is 0 Å². The zero-order valence-corrected chi connectivity index (χ0v) is 21.1. The second-order valence-corrected chi connectivity index (χ2v) is 10.4. The molecule has 2 unspecified atom stereocenters. The molecule has 3 nitrogen and oxygen atoms in total. The molecule has 0 N–H and O–H groups in total. The van der Waals surface area contributed by atoms with Gasteiger partial charge >= 0.3 is 0 Å². The topological polar surface area (TPSA) is 23.6 Å². The Balaban J connectivity index is 1.59. The maximum Gasteiger partial charge on any atom is 0.253 e. The third-order valence-corrected chi connectivity index (χ3v) is 6.98. The standard InChI is InChI=1S/C31H38N2O/c1-23(2)18-33(31(34)27-16-14-24(3)15-17-27)21-28-20-32(19-26-11-6-5-7-12-26)22-30(28)29-13-9-8-10-25(29)4/h5-17,23,28,30H,18-22H2,1-4H3. The summed E-state index contributed by atoms with van der Waals surface area (Å²) in [5, 5.41) is 0. The smallest absolute Gasteiger partial charge is 0.253 e. The van der Waals surface area contributed by atoms with Gasteiger partial charge in [0.1, 0.15) is 0 Å². The molecule has 3 aromatic carbocycles. The van der Waals surface area contributed by atoms with Gasteiger partial charge in [-0.25, -0.2) is 0 Å². The highest BCUT2D eigenvalue weighted by Gasteiger charge is 2.36. The normalized spacial score (nSPS) is 18.4. The molecule has 0 bridgehead atoms. The van der Waals surface area contributed by atoms with Crippen molar-refractivity contribution in [3.8, 4) is 0 Å². The zero-order chi connectivity index (χ0) is 24.1. The van der Waals surface area contributed by atoms with E-state index in [1.807, 2.05) is 24.3 Å². The van der Waals surface area contributed by atoms with Gasteiger partial charge in [0.15, 0.2) is 0 Å². The number of hydrogen-bond donors (Lipinski definition) is 0. The molecule has 2 atom stereocenters. The fourth-order valence-corrected chi connectivity index (χ4v) is 5.31. The molecule has 0 saturated carbocycles. The van der Waals surface area contributed by atoms with Crippen molar-refractivity contribution >= 4 is 5.91 Å². The molecular formula is C31H38N2O. The Morgan fingerprint density at radius 2 is 1.59 bits per heavy atom. The van der Waals surface area contributed by atoms with Crippen LogP contribution in [0, 0.1) is 25.7 Å². The van der Waals surface area contributed by atoms with E-state index < -0.39 is 0 Å². The van der Waals surface area contributed by atoms with Crippen LogP contribution in [0.3, 0.4) is 0 Å². The second kappa shape index (κ2) is 11.0. The van der Waals surface area contributed by atoms with E-state index >= 15 is 0 Å². The van der Waals surface area contributed by atoms with Crippen LogP contribution in [0.25, 0.3) is 0 Å². The molecule has 4 rings (SSSR count). The Morgan fingerprint density at radius 1 is 0.912 bits per heavy atom. The van der Waals surface area contributed by atoms with Crippen LogP contribution >= 0.6 is 0 Å². The quantitative estimate of drug-likeness (QED) is 0.398. The molecule has 0 aromatic heterocycles. The molecule has 1 aliphatic heterocycles. The predicted molar refractivity (Wildman–Crippen MR) is 141 cm³/mol. The third-order valence-electron chi connectivity index (χ3n) is 6.98. The minimum Gasteiger partial charge on any atom is -0.338 e. The Bertz CT molecular complexity index is 1070. The van der Waals surface area contributed by atoms with E-state index in [1.165, 1.54) is 22.3 Å². The lowest BCUT2D eigenvalue weighted by Crippen LogP contribution is -2.39. The van der Waals surface area contributed by atoms with E-state index in [-0.39, 0.29) is 5.91 Å². The van der Waals surface area contributed by atoms with E-state index in [4.69, 9.17) is 0 Å². The first-order chi connectivity index (χ1) is 16.4. The van der Waals surface area contributed by atoms with E-state index in [9.17, 15) is 4.79 Å². The minimum atomic E-state index is 0.152.